The first kappa shape index (κ1) is 13.1. The van der Waals surface area contributed by atoms with Gasteiger partial charge in [-0.2, -0.15) is 5.10 Å². The molecule has 0 saturated carbocycles. The van der Waals surface area contributed by atoms with Crippen LogP contribution in [0.15, 0.2) is 48.9 Å². The molecule has 0 unspecified atom stereocenters. The largest absolute Gasteiger partial charge is 0.348 e. The molecule has 1 amide bonds. The Balaban J connectivity index is 1.74. The Morgan fingerprint density at radius 3 is 3.00 bits per heavy atom. The summed E-state index contributed by atoms with van der Waals surface area (Å²) in [7, 11) is 0. The van der Waals surface area contributed by atoms with Crippen molar-refractivity contribution in [2.75, 3.05) is 6.54 Å². The molecular formula is C17H18N4O. The molecule has 1 atom stereocenters. The summed E-state index contributed by atoms with van der Waals surface area (Å²) in [4.78, 5) is 15.0. The lowest BCUT2D eigenvalue weighted by Gasteiger charge is -2.36. The highest BCUT2D eigenvalue weighted by Crippen LogP contribution is 2.30. The van der Waals surface area contributed by atoms with Gasteiger partial charge < -0.3 is 9.47 Å². The molecule has 0 aliphatic carbocycles. The average Bonchev–Trinajstić information content (AvgIpc) is 3.19. The number of hydrogen-bond donors (Lipinski definition) is 0. The Kier molecular flexibility index (Phi) is 2.99. The summed E-state index contributed by atoms with van der Waals surface area (Å²) in [5, 5.41) is 4.28. The number of carbonyl (C=O) groups excluding carboxylic acids is 1. The molecule has 0 spiro atoms. The Morgan fingerprint density at radius 2 is 2.14 bits per heavy atom. The minimum absolute atomic E-state index is 0.0699. The topological polar surface area (TPSA) is 42.5 Å². The van der Waals surface area contributed by atoms with Crippen LogP contribution in [0.1, 0.15) is 35.4 Å². The van der Waals surface area contributed by atoms with Crippen molar-refractivity contribution < 1.29 is 4.79 Å². The number of rotatable bonds is 2. The average molecular weight is 294 g/mol. The van der Waals surface area contributed by atoms with Crippen LogP contribution in [-0.4, -0.2) is 31.5 Å². The first-order valence-corrected chi connectivity index (χ1v) is 7.68. The van der Waals surface area contributed by atoms with Gasteiger partial charge in [0, 0.05) is 31.2 Å². The van der Waals surface area contributed by atoms with Crippen LogP contribution in [0.4, 0.5) is 0 Å². The number of pyridine rings is 1. The molecular weight excluding hydrogens is 276 g/mol. The number of nitrogens with zero attached hydrogens (tertiary/aromatic N) is 4. The van der Waals surface area contributed by atoms with Crippen LogP contribution in [0.5, 0.6) is 0 Å². The minimum Gasteiger partial charge on any atom is -0.348 e. The summed E-state index contributed by atoms with van der Waals surface area (Å²) < 4.78 is 3.99. The molecule has 5 heteroatoms. The molecule has 3 aromatic rings. The first-order chi connectivity index (χ1) is 10.8. The maximum Gasteiger partial charge on any atom is 0.258 e. The normalized spacial score (nSPS) is 17.7. The molecule has 22 heavy (non-hydrogen) atoms. The van der Waals surface area contributed by atoms with Crippen LogP contribution in [0.2, 0.25) is 0 Å². The molecule has 0 N–H and O–H groups in total. The summed E-state index contributed by atoms with van der Waals surface area (Å²) in [5.41, 5.74) is 2.76. The number of hydrogen-bond acceptors (Lipinski definition) is 2. The lowest BCUT2D eigenvalue weighted by Crippen LogP contribution is -2.41. The predicted octanol–water partition coefficient (Wildman–Crippen LogP) is 2.74. The van der Waals surface area contributed by atoms with Crippen LogP contribution in [-0.2, 0) is 6.54 Å². The van der Waals surface area contributed by atoms with Crippen molar-refractivity contribution in [2.45, 2.75) is 25.9 Å². The fourth-order valence-electron chi connectivity index (χ4n) is 3.39. The minimum atomic E-state index is 0.0699. The van der Waals surface area contributed by atoms with E-state index in [9.17, 15) is 4.79 Å². The maximum absolute atomic E-state index is 13.0. The molecule has 5 nitrogen and oxygen atoms in total. The number of amides is 1. The monoisotopic (exact) mass is 294 g/mol. The lowest BCUT2D eigenvalue weighted by atomic mass is 10.1. The van der Waals surface area contributed by atoms with Crippen LogP contribution in [0, 0.1) is 0 Å². The van der Waals surface area contributed by atoms with Crippen LogP contribution >= 0.6 is 0 Å². The van der Waals surface area contributed by atoms with Gasteiger partial charge in [0.15, 0.2) is 0 Å². The zero-order valence-electron chi connectivity index (χ0n) is 12.5. The molecule has 1 aliphatic rings. The van der Waals surface area contributed by atoms with E-state index in [1.807, 2.05) is 29.3 Å². The fraction of sp³-hybridized carbons (Fsp3) is 0.294. The van der Waals surface area contributed by atoms with Gasteiger partial charge in [-0.25, -0.2) is 4.52 Å². The van der Waals surface area contributed by atoms with Gasteiger partial charge in [-0.3, -0.25) is 4.79 Å². The van der Waals surface area contributed by atoms with Gasteiger partial charge in [0.25, 0.3) is 5.91 Å². The second kappa shape index (κ2) is 5.02. The zero-order valence-corrected chi connectivity index (χ0v) is 12.5. The van der Waals surface area contributed by atoms with Gasteiger partial charge in [-0.1, -0.05) is 13.0 Å². The van der Waals surface area contributed by atoms with Gasteiger partial charge in [-0.05, 0) is 30.7 Å². The van der Waals surface area contributed by atoms with Crippen molar-refractivity contribution in [2.24, 2.45) is 0 Å². The summed E-state index contributed by atoms with van der Waals surface area (Å²) in [6, 6.07) is 10.1. The summed E-state index contributed by atoms with van der Waals surface area (Å²) in [6.07, 6.45) is 6.55. The molecule has 4 heterocycles. The second-order valence-electron chi connectivity index (χ2n) is 5.64. The van der Waals surface area contributed by atoms with E-state index >= 15 is 0 Å². The van der Waals surface area contributed by atoms with E-state index in [-0.39, 0.29) is 11.9 Å². The molecule has 0 bridgehead atoms. The lowest BCUT2D eigenvalue weighted by molar-refractivity contribution is 0.0620. The van der Waals surface area contributed by atoms with Crippen LogP contribution < -0.4 is 0 Å². The molecule has 0 saturated heterocycles. The van der Waals surface area contributed by atoms with Gasteiger partial charge in [0.2, 0.25) is 0 Å². The van der Waals surface area contributed by atoms with Crippen LogP contribution in [0.3, 0.4) is 0 Å². The van der Waals surface area contributed by atoms with Crippen LogP contribution in [0.25, 0.3) is 5.52 Å². The van der Waals surface area contributed by atoms with Gasteiger partial charge in [0.1, 0.15) is 0 Å². The van der Waals surface area contributed by atoms with Crippen molar-refractivity contribution in [3.8, 4) is 0 Å². The summed E-state index contributed by atoms with van der Waals surface area (Å²) in [6.45, 7) is 3.72. The van der Waals surface area contributed by atoms with E-state index in [1.165, 1.54) is 5.69 Å². The molecule has 0 radical (unpaired) electrons. The highest BCUT2D eigenvalue weighted by molar-refractivity contribution is 6.00. The van der Waals surface area contributed by atoms with Crippen molar-refractivity contribution in [3.05, 3.63) is 60.2 Å². The standard InChI is InChI=1S/C17H18N4O/c1-2-14-16-7-5-8-19(16)10-11-20(14)17(22)13-12-18-21-9-4-3-6-15(13)21/h3-9,12,14H,2,10-11H2,1H3/t14-/m1/s1. The van der Waals surface area contributed by atoms with E-state index < -0.39 is 0 Å². The first-order valence-electron chi connectivity index (χ1n) is 7.68. The Morgan fingerprint density at radius 1 is 1.23 bits per heavy atom. The SMILES string of the molecule is CC[C@@H]1c2cccn2CCN1C(=O)c1cnn2ccccc12. The highest BCUT2D eigenvalue weighted by atomic mass is 16.2. The third-order valence-electron chi connectivity index (χ3n) is 4.47. The summed E-state index contributed by atoms with van der Waals surface area (Å²) >= 11 is 0. The quantitative estimate of drug-likeness (QED) is 0.729. The van der Waals surface area contributed by atoms with Crippen molar-refractivity contribution >= 4 is 11.4 Å². The molecule has 0 aromatic carbocycles. The van der Waals surface area contributed by atoms with Crippen molar-refractivity contribution in [1.29, 1.82) is 0 Å². The van der Waals surface area contributed by atoms with E-state index in [0.29, 0.717) is 5.56 Å². The highest BCUT2D eigenvalue weighted by Gasteiger charge is 2.31. The Bertz CT molecular complexity index is 832. The Hall–Kier alpha value is -2.56. The zero-order chi connectivity index (χ0) is 15.1. The van der Waals surface area contributed by atoms with E-state index in [2.05, 4.69) is 34.9 Å². The van der Waals surface area contributed by atoms with Crippen molar-refractivity contribution in [3.63, 3.8) is 0 Å². The number of carbonyl (C=O) groups is 1. The van der Waals surface area contributed by atoms with Gasteiger partial charge in [-0.15, -0.1) is 0 Å². The van der Waals surface area contributed by atoms with E-state index in [1.54, 1.807) is 10.7 Å². The molecule has 1 aliphatic heterocycles. The third kappa shape index (κ3) is 1.85. The molecule has 112 valence electrons. The van der Waals surface area contributed by atoms with Gasteiger partial charge >= 0.3 is 0 Å². The van der Waals surface area contributed by atoms with Crippen molar-refractivity contribution in [1.82, 2.24) is 19.1 Å². The molecule has 4 rings (SSSR count). The van der Waals surface area contributed by atoms with Gasteiger partial charge in [0.05, 0.1) is 23.3 Å². The maximum atomic E-state index is 13.0. The number of aromatic nitrogens is 3. The summed E-state index contributed by atoms with van der Waals surface area (Å²) in [5.74, 6) is 0.0699. The molecule has 0 fully saturated rings. The predicted molar refractivity (Wildman–Crippen MR) is 83.7 cm³/mol. The molecule has 3 aromatic heterocycles. The van der Waals surface area contributed by atoms with E-state index in [4.69, 9.17) is 0 Å². The number of fused-ring (bicyclic) bond motifs is 2. The smallest absolute Gasteiger partial charge is 0.258 e. The third-order valence-corrected chi connectivity index (χ3v) is 4.47. The second-order valence-corrected chi connectivity index (χ2v) is 5.64. The fourth-order valence-corrected chi connectivity index (χ4v) is 3.39. The van der Waals surface area contributed by atoms with E-state index in [0.717, 1.165) is 25.0 Å². The Labute approximate surface area is 128 Å².